The smallest absolute Gasteiger partial charge is 0.191 e. The highest BCUT2D eigenvalue weighted by Gasteiger charge is 2.16. The highest BCUT2D eigenvalue weighted by Crippen LogP contribution is 2.14. The molecule has 0 spiro atoms. The van der Waals surface area contributed by atoms with Crippen LogP contribution in [0.2, 0.25) is 0 Å². The maximum atomic E-state index is 9.56. The first-order valence-corrected chi connectivity index (χ1v) is 10.9. The number of aliphatic hydroxyl groups excluding tert-OH is 1. The van der Waals surface area contributed by atoms with E-state index < -0.39 is 0 Å². The van der Waals surface area contributed by atoms with Crippen molar-refractivity contribution < 1.29 is 14.6 Å². The van der Waals surface area contributed by atoms with Gasteiger partial charge in [-0.05, 0) is 57.9 Å². The molecule has 0 atom stereocenters. The number of aliphatic imine (C=N–C) groups is 1. The molecule has 3 N–H and O–H groups in total. The highest BCUT2D eigenvalue weighted by atomic mass is 127. The molecule has 2 aliphatic heterocycles. The Balaban J connectivity index is 0.00000392. The number of hydrogen-bond acceptors (Lipinski definition) is 5. The summed E-state index contributed by atoms with van der Waals surface area (Å²) >= 11 is 0. The minimum absolute atomic E-state index is 0. The van der Waals surface area contributed by atoms with Crippen LogP contribution >= 0.6 is 24.0 Å². The van der Waals surface area contributed by atoms with Gasteiger partial charge >= 0.3 is 0 Å². The molecule has 0 aliphatic carbocycles. The molecule has 0 aromatic rings. The van der Waals surface area contributed by atoms with E-state index in [4.69, 9.17) is 9.47 Å². The number of nitrogens with one attached hydrogen (secondary N) is 2. The van der Waals surface area contributed by atoms with E-state index in [2.05, 4.69) is 27.4 Å². The standard InChI is InChI=1S/C20H40N4O3.HI/c1-2-21-20(22-9-3-11-24-12-5-19(25)6-13-24)23-10-4-14-27-17-18-7-15-26-16-8-18;/h18-19,25H,2-17H2,1H3,(H2,21,22,23);1H. The molecule has 2 rings (SSSR count). The van der Waals surface area contributed by atoms with Crippen molar-refractivity contribution in [3.8, 4) is 0 Å². The average molecular weight is 512 g/mol. The van der Waals surface area contributed by atoms with Crippen LogP contribution in [-0.2, 0) is 9.47 Å². The van der Waals surface area contributed by atoms with E-state index in [1.165, 1.54) is 0 Å². The fraction of sp³-hybridized carbons (Fsp3) is 0.950. The summed E-state index contributed by atoms with van der Waals surface area (Å²) in [6.07, 6.45) is 6.04. The number of aliphatic hydroxyl groups is 1. The number of nitrogens with zero attached hydrogens (tertiary/aromatic N) is 2. The Morgan fingerprint density at radius 2 is 1.89 bits per heavy atom. The lowest BCUT2D eigenvalue weighted by Crippen LogP contribution is -2.40. The topological polar surface area (TPSA) is 78.4 Å². The quantitative estimate of drug-likeness (QED) is 0.170. The SMILES string of the molecule is CCNC(=NCCCOCC1CCOCC1)NCCCN1CCC(O)CC1.I. The summed E-state index contributed by atoms with van der Waals surface area (Å²) in [5, 5.41) is 16.3. The normalized spacial score (nSPS) is 20.0. The first kappa shape index (κ1) is 25.9. The molecular formula is C20H41IN4O3. The second-order valence-corrected chi connectivity index (χ2v) is 7.60. The van der Waals surface area contributed by atoms with Crippen molar-refractivity contribution in [3.05, 3.63) is 0 Å². The predicted molar refractivity (Wildman–Crippen MR) is 125 cm³/mol. The van der Waals surface area contributed by atoms with Gasteiger partial charge in [0.25, 0.3) is 0 Å². The molecule has 8 heteroatoms. The van der Waals surface area contributed by atoms with Crippen molar-refractivity contribution >= 4 is 29.9 Å². The Morgan fingerprint density at radius 1 is 1.14 bits per heavy atom. The Bertz CT molecular complexity index is 401. The van der Waals surface area contributed by atoms with Gasteiger partial charge in [-0.25, -0.2) is 0 Å². The number of guanidine groups is 1. The molecule has 0 unspecified atom stereocenters. The molecule has 0 radical (unpaired) electrons. The first-order valence-electron chi connectivity index (χ1n) is 10.9. The van der Waals surface area contributed by atoms with Gasteiger partial charge in [0.15, 0.2) is 5.96 Å². The van der Waals surface area contributed by atoms with E-state index in [0.717, 1.165) is 110 Å². The molecule has 0 aromatic carbocycles. The van der Waals surface area contributed by atoms with E-state index in [0.29, 0.717) is 5.92 Å². The van der Waals surface area contributed by atoms with E-state index in [9.17, 15) is 5.11 Å². The van der Waals surface area contributed by atoms with Gasteiger partial charge < -0.3 is 30.1 Å². The molecule has 0 saturated carbocycles. The maximum absolute atomic E-state index is 9.56. The summed E-state index contributed by atoms with van der Waals surface area (Å²) in [5.41, 5.74) is 0. The molecule has 2 fully saturated rings. The van der Waals surface area contributed by atoms with E-state index in [1.807, 2.05) is 0 Å². The Hall–Kier alpha value is -0.160. The molecule has 2 aliphatic rings. The zero-order valence-electron chi connectivity index (χ0n) is 17.5. The molecule has 166 valence electrons. The van der Waals surface area contributed by atoms with Gasteiger partial charge in [-0.1, -0.05) is 0 Å². The van der Waals surface area contributed by atoms with Crippen LogP contribution in [-0.4, -0.2) is 87.8 Å². The summed E-state index contributed by atoms with van der Waals surface area (Å²) < 4.78 is 11.2. The Kier molecular flexibility index (Phi) is 15.4. The van der Waals surface area contributed by atoms with Gasteiger partial charge in [-0.3, -0.25) is 4.99 Å². The van der Waals surface area contributed by atoms with Crippen LogP contribution in [0.3, 0.4) is 0 Å². The molecule has 28 heavy (non-hydrogen) atoms. The van der Waals surface area contributed by atoms with Gasteiger partial charge in [0.05, 0.1) is 6.10 Å². The van der Waals surface area contributed by atoms with Crippen LogP contribution in [0.15, 0.2) is 4.99 Å². The van der Waals surface area contributed by atoms with Crippen molar-refractivity contribution in [2.75, 3.05) is 65.7 Å². The summed E-state index contributed by atoms with van der Waals surface area (Å²) in [4.78, 5) is 7.08. The minimum Gasteiger partial charge on any atom is -0.393 e. The van der Waals surface area contributed by atoms with Crippen molar-refractivity contribution in [2.24, 2.45) is 10.9 Å². The number of likely N-dealkylation sites (tertiary alicyclic amines) is 1. The molecule has 0 aromatic heterocycles. The van der Waals surface area contributed by atoms with E-state index >= 15 is 0 Å². The second-order valence-electron chi connectivity index (χ2n) is 7.60. The van der Waals surface area contributed by atoms with Crippen LogP contribution in [0.5, 0.6) is 0 Å². The van der Waals surface area contributed by atoms with Gasteiger partial charge in [0.1, 0.15) is 0 Å². The lowest BCUT2D eigenvalue weighted by molar-refractivity contribution is 0.0205. The zero-order valence-corrected chi connectivity index (χ0v) is 19.9. The largest absolute Gasteiger partial charge is 0.393 e. The van der Waals surface area contributed by atoms with Crippen LogP contribution in [0, 0.1) is 5.92 Å². The van der Waals surface area contributed by atoms with Gasteiger partial charge in [0.2, 0.25) is 0 Å². The minimum atomic E-state index is -0.0903. The third kappa shape index (κ3) is 11.7. The first-order chi connectivity index (χ1) is 13.3. The monoisotopic (exact) mass is 512 g/mol. The number of ether oxygens (including phenoxy) is 2. The lowest BCUT2D eigenvalue weighted by Gasteiger charge is -2.29. The predicted octanol–water partition coefficient (Wildman–Crippen LogP) is 1.84. The number of rotatable bonds is 11. The highest BCUT2D eigenvalue weighted by molar-refractivity contribution is 14.0. The fourth-order valence-corrected chi connectivity index (χ4v) is 3.51. The van der Waals surface area contributed by atoms with Gasteiger partial charge in [-0.2, -0.15) is 0 Å². The van der Waals surface area contributed by atoms with Crippen molar-refractivity contribution in [1.82, 2.24) is 15.5 Å². The summed E-state index contributed by atoms with van der Waals surface area (Å²) in [5.74, 6) is 1.57. The molecule has 2 saturated heterocycles. The van der Waals surface area contributed by atoms with Crippen molar-refractivity contribution in [1.29, 1.82) is 0 Å². The lowest BCUT2D eigenvalue weighted by atomic mass is 10.0. The number of halogens is 1. The Labute approximate surface area is 188 Å². The number of piperidine rings is 1. The van der Waals surface area contributed by atoms with E-state index in [1.54, 1.807) is 0 Å². The molecule has 7 nitrogen and oxygen atoms in total. The zero-order chi connectivity index (χ0) is 19.2. The van der Waals surface area contributed by atoms with Crippen LogP contribution in [0.4, 0.5) is 0 Å². The van der Waals surface area contributed by atoms with E-state index in [-0.39, 0.29) is 30.1 Å². The summed E-state index contributed by atoms with van der Waals surface area (Å²) in [7, 11) is 0. The molecule has 2 heterocycles. The molecule has 0 amide bonds. The summed E-state index contributed by atoms with van der Waals surface area (Å²) in [6, 6.07) is 0. The molecule has 0 bridgehead atoms. The number of hydrogen-bond donors (Lipinski definition) is 3. The van der Waals surface area contributed by atoms with Crippen LogP contribution in [0.25, 0.3) is 0 Å². The van der Waals surface area contributed by atoms with Gasteiger partial charge in [0, 0.05) is 59.2 Å². The third-order valence-corrected chi connectivity index (χ3v) is 5.26. The summed E-state index contributed by atoms with van der Waals surface area (Å²) in [6.45, 7) is 11.2. The third-order valence-electron chi connectivity index (χ3n) is 5.26. The second kappa shape index (κ2) is 16.6. The Morgan fingerprint density at radius 3 is 2.61 bits per heavy atom. The van der Waals surface area contributed by atoms with Gasteiger partial charge in [-0.15, -0.1) is 24.0 Å². The molecular weight excluding hydrogens is 471 g/mol. The van der Waals surface area contributed by atoms with Crippen LogP contribution in [0.1, 0.15) is 45.4 Å². The maximum Gasteiger partial charge on any atom is 0.191 e. The van der Waals surface area contributed by atoms with Crippen LogP contribution < -0.4 is 10.6 Å². The van der Waals surface area contributed by atoms with Crippen molar-refractivity contribution in [3.63, 3.8) is 0 Å². The fourth-order valence-electron chi connectivity index (χ4n) is 3.51. The average Bonchev–Trinajstić information content (AvgIpc) is 2.70. The van der Waals surface area contributed by atoms with Crippen molar-refractivity contribution in [2.45, 2.75) is 51.6 Å².